The van der Waals surface area contributed by atoms with Crippen LogP contribution in [0.3, 0.4) is 0 Å². The van der Waals surface area contributed by atoms with E-state index in [2.05, 4.69) is 133 Å². The highest BCUT2D eigenvalue weighted by Gasteiger charge is 2.51. The molecule has 0 radical (unpaired) electrons. The van der Waals surface area contributed by atoms with Crippen molar-refractivity contribution in [3.63, 3.8) is 0 Å². The van der Waals surface area contributed by atoms with E-state index in [9.17, 15) is 0 Å². The first-order chi connectivity index (χ1) is 19.3. The quantitative estimate of drug-likeness (QED) is 0.165. The molecule has 0 nitrogen and oxygen atoms in total. The molecule has 1 heterocycles. The number of rotatable bonds is 4. The molecule has 0 fully saturated rings. The summed E-state index contributed by atoms with van der Waals surface area (Å²) in [5.74, 6) is 3.38. The molecular weight excluding hydrogens is 488 g/mol. The van der Waals surface area contributed by atoms with Crippen LogP contribution in [0, 0.1) is 18.3 Å². The van der Waals surface area contributed by atoms with Crippen LogP contribution in [0.2, 0.25) is 0 Å². The summed E-state index contributed by atoms with van der Waals surface area (Å²) in [5.41, 5.74) is 8.21. The first-order valence-corrected chi connectivity index (χ1v) is 14.4. The summed E-state index contributed by atoms with van der Waals surface area (Å²) in [7, 11) is 0. The zero-order valence-electron chi connectivity index (χ0n) is 21.9. The van der Waals surface area contributed by atoms with E-state index in [1.165, 1.54) is 53.6 Å². The fourth-order valence-electron chi connectivity index (χ4n) is 6.78. The summed E-state index contributed by atoms with van der Waals surface area (Å²) in [6, 6.07) is 31.3. The predicted octanol–water partition coefficient (Wildman–Crippen LogP) is 10.3. The highest BCUT2D eigenvalue weighted by molar-refractivity contribution is 7.25. The second-order valence-electron chi connectivity index (χ2n) is 10.3. The minimum Gasteiger partial charge on any atom is -0.135 e. The van der Waals surface area contributed by atoms with Gasteiger partial charge in [0, 0.05) is 25.7 Å². The van der Waals surface area contributed by atoms with Crippen molar-refractivity contribution in [2.75, 3.05) is 0 Å². The van der Waals surface area contributed by atoms with Crippen molar-refractivity contribution in [1.29, 1.82) is 0 Å². The first kappa shape index (κ1) is 23.7. The van der Waals surface area contributed by atoms with Crippen molar-refractivity contribution >= 4 is 31.5 Å². The molecule has 0 spiro atoms. The molecule has 0 saturated heterocycles. The van der Waals surface area contributed by atoms with Crippen molar-refractivity contribution in [1.82, 2.24) is 0 Å². The lowest BCUT2D eigenvalue weighted by Gasteiger charge is -2.40. The number of hydrogen-bond acceptors (Lipinski definition) is 1. The van der Waals surface area contributed by atoms with Gasteiger partial charge in [-0.05, 0) is 76.9 Å². The second-order valence-corrected chi connectivity index (χ2v) is 11.4. The predicted molar refractivity (Wildman–Crippen MR) is 169 cm³/mol. The summed E-state index contributed by atoms with van der Waals surface area (Å²) in [6.07, 6.45) is 22.6. The average molecular weight is 517 g/mol. The molecule has 0 saturated carbocycles. The molecule has 186 valence electrons. The molecular formula is C38H28S. The van der Waals surface area contributed by atoms with Crippen LogP contribution >= 0.6 is 11.3 Å². The third-order valence-electron chi connectivity index (χ3n) is 8.36. The Morgan fingerprint density at radius 3 is 2.51 bits per heavy atom. The third-order valence-corrected chi connectivity index (χ3v) is 9.51. The molecule has 4 aromatic carbocycles. The first-order valence-electron chi connectivity index (χ1n) is 13.6. The maximum Gasteiger partial charge on any atom is 0.0614 e. The molecule has 0 N–H and O–H groups in total. The third kappa shape index (κ3) is 3.46. The van der Waals surface area contributed by atoms with Crippen molar-refractivity contribution in [2.45, 2.75) is 18.8 Å². The van der Waals surface area contributed by atoms with Gasteiger partial charge < -0.3 is 0 Å². The van der Waals surface area contributed by atoms with E-state index in [0.29, 0.717) is 0 Å². The van der Waals surface area contributed by atoms with Crippen molar-refractivity contribution in [2.24, 2.45) is 5.92 Å². The molecule has 0 amide bonds. The highest BCUT2D eigenvalue weighted by atomic mass is 32.1. The van der Waals surface area contributed by atoms with Gasteiger partial charge in [0.05, 0.1) is 5.41 Å². The van der Waals surface area contributed by atoms with Crippen LogP contribution in [0.1, 0.15) is 24.5 Å². The van der Waals surface area contributed by atoms with Gasteiger partial charge in [0.15, 0.2) is 0 Å². The van der Waals surface area contributed by atoms with Gasteiger partial charge in [-0.2, -0.15) is 0 Å². The standard InChI is InChI=1S/C38H28S/c1-3-5-14-27(4-2)38(28-15-7-6-8-16-28)34-21-11-9-17-30(34)32-20-13-19-29(37(32)38)26-23-24-36-33(25-26)31-18-10-12-22-35(31)39-36/h2-3,5-15,17-25,28H,16H2,1H3/b5-3-,27-14+. The molecule has 2 atom stereocenters. The Morgan fingerprint density at radius 1 is 0.872 bits per heavy atom. The van der Waals surface area contributed by atoms with E-state index in [1.807, 2.05) is 18.3 Å². The van der Waals surface area contributed by atoms with Crippen LogP contribution in [-0.2, 0) is 5.41 Å². The van der Waals surface area contributed by atoms with Gasteiger partial charge >= 0.3 is 0 Å². The number of hydrogen-bond donors (Lipinski definition) is 0. The Balaban J connectivity index is 1.59. The molecule has 2 aliphatic carbocycles. The minimum absolute atomic E-state index is 0.198. The molecule has 0 bridgehead atoms. The molecule has 1 aromatic heterocycles. The molecule has 39 heavy (non-hydrogen) atoms. The van der Waals surface area contributed by atoms with Crippen LogP contribution in [0.15, 0.2) is 133 Å². The summed E-state index contributed by atoms with van der Waals surface area (Å²) >= 11 is 1.86. The van der Waals surface area contributed by atoms with E-state index < -0.39 is 5.41 Å². The monoisotopic (exact) mass is 516 g/mol. The zero-order valence-corrected chi connectivity index (χ0v) is 22.7. The molecule has 7 rings (SSSR count). The van der Waals surface area contributed by atoms with Gasteiger partial charge in [-0.1, -0.05) is 109 Å². The molecule has 5 aromatic rings. The topological polar surface area (TPSA) is 0 Å². The zero-order chi connectivity index (χ0) is 26.4. The van der Waals surface area contributed by atoms with E-state index in [4.69, 9.17) is 6.42 Å². The number of thiophene rings is 1. The Bertz CT molecular complexity index is 1920. The van der Waals surface area contributed by atoms with Crippen LogP contribution < -0.4 is 0 Å². The van der Waals surface area contributed by atoms with Gasteiger partial charge in [0.25, 0.3) is 0 Å². The SMILES string of the molecule is C#C/C(=C\C=C/C)C1(C2C=CC=CC2)c2ccccc2-c2cccc(-c3ccc4sc5ccccc5c4c3)c21. The Morgan fingerprint density at radius 2 is 1.67 bits per heavy atom. The van der Waals surface area contributed by atoms with Crippen molar-refractivity contribution < 1.29 is 0 Å². The van der Waals surface area contributed by atoms with E-state index >= 15 is 0 Å². The van der Waals surface area contributed by atoms with Crippen LogP contribution in [0.4, 0.5) is 0 Å². The summed E-state index contributed by atoms with van der Waals surface area (Å²) in [5, 5.41) is 2.63. The van der Waals surface area contributed by atoms with Crippen molar-refractivity contribution in [3.8, 4) is 34.6 Å². The fraction of sp³-hybridized carbons (Fsp3) is 0.105. The average Bonchev–Trinajstić information content (AvgIpc) is 3.52. The number of terminal acetylenes is 1. The van der Waals surface area contributed by atoms with Gasteiger partial charge in [-0.25, -0.2) is 0 Å². The lowest BCUT2D eigenvalue weighted by atomic mass is 9.60. The molecule has 2 unspecified atom stereocenters. The van der Waals surface area contributed by atoms with Crippen molar-refractivity contribution in [3.05, 3.63) is 144 Å². The van der Waals surface area contributed by atoms with Gasteiger partial charge in [0.2, 0.25) is 0 Å². The fourth-order valence-corrected chi connectivity index (χ4v) is 7.87. The molecule has 1 heteroatoms. The second kappa shape index (κ2) is 9.42. The summed E-state index contributed by atoms with van der Waals surface area (Å²) in [6.45, 7) is 2.04. The van der Waals surface area contributed by atoms with Crippen LogP contribution in [-0.4, -0.2) is 0 Å². The highest BCUT2D eigenvalue weighted by Crippen LogP contribution is 2.60. The van der Waals surface area contributed by atoms with Gasteiger partial charge in [-0.15, -0.1) is 17.8 Å². The Hall–Kier alpha value is -4.38. The maximum atomic E-state index is 6.42. The number of allylic oxidation sites excluding steroid dienone is 8. The largest absolute Gasteiger partial charge is 0.135 e. The van der Waals surface area contributed by atoms with Gasteiger partial charge in [0.1, 0.15) is 0 Å². The smallest absolute Gasteiger partial charge is 0.0614 e. The maximum absolute atomic E-state index is 6.42. The van der Waals surface area contributed by atoms with Gasteiger partial charge in [-0.3, -0.25) is 0 Å². The normalized spacial score (nSPS) is 20.0. The summed E-state index contributed by atoms with van der Waals surface area (Å²) in [4.78, 5) is 0. The van der Waals surface area contributed by atoms with Crippen LogP contribution in [0.5, 0.6) is 0 Å². The molecule has 2 aliphatic rings. The lowest BCUT2D eigenvalue weighted by molar-refractivity contribution is 0.460. The molecule has 0 aliphatic heterocycles. The Labute approximate surface area is 234 Å². The Kier molecular flexibility index (Phi) is 5.73. The minimum atomic E-state index is -0.469. The van der Waals surface area contributed by atoms with E-state index in [1.54, 1.807) is 0 Å². The summed E-state index contributed by atoms with van der Waals surface area (Å²) < 4.78 is 2.65. The van der Waals surface area contributed by atoms with Crippen LogP contribution in [0.25, 0.3) is 42.4 Å². The number of benzene rings is 4. The van der Waals surface area contributed by atoms with E-state index in [-0.39, 0.29) is 5.92 Å². The number of fused-ring (bicyclic) bond motifs is 6. The van der Waals surface area contributed by atoms with E-state index in [0.717, 1.165) is 12.0 Å². The lowest BCUT2D eigenvalue weighted by Crippen LogP contribution is -2.36.